The Kier molecular flexibility index (Phi) is 4.50. The fourth-order valence-corrected chi connectivity index (χ4v) is 3.79. The molecule has 1 saturated heterocycles. The first-order chi connectivity index (χ1) is 10.6. The van der Waals surface area contributed by atoms with Crippen molar-refractivity contribution in [2.45, 2.75) is 25.3 Å². The van der Waals surface area contributed by atoms with Crippen LogP contribution in [0.25, 0.3) is 0 Å². The van der Waals surface area contributed by atoms with Gasteiger partial charge in [-0.05, 0) is 57.4 Å². The number of nitrogens with one attached hydrogen (secondary N) is 2. The predicted molar refractivity (Wildman–Crippen MR) is 88.5 cm³/mol. The van der Waals surface area contributed by atoms with Gasteiger partial charge < -0.3 is 15.5 Å². The first-order valence-electron chi connectivity index (χ1n) is 8.32. The number of rotatable bonds is 5. The highest BCUT2D eigenvalue weighted by Gasteiger charge is 2.57. The Morgan fingerprint density at radius 1 is 1.32 bits per heavy atom. The molecule has 3 rings (SSSR count). The van der Waals surface area contributed by atoms with Crippen LogP contribution in [0.5, 0.6) is 0 Å². The van der Waals surface area contributed by atoms with E-state index in [0.29, 0.717) is 12.0 Å². The van der Waals surface area contributed by atoms with Crippen molar-refractivity contribution >= 4 is 5.91 Å². The predicted octanol–water partition coefficient (Wildman–Crippen LogP) is 1.80. The summed E-state index contributed by atoms with van der Waals surface area (Å²) in [6.45, 7) is 2.81. The van der Waals surface area contributed by atoms with Crippen LogP contribution in [0.4, 0.5) is 0 Å². The molecule has 1 heterocycles. The van der Waals surface area contributed by atoms with Crippen LogP contribution in [0.2, 0.25) is 0 Å². The largest absolute Gasteiger partial charge is 0.354 e. The summed E-state index contributed by atoms with van der Waals surface area (Å²) in [7, 11) is 4.13. The summed E-state index contributed by atoms with van der Waals surface area (Å²) in [4.78, 5) is 14.7. The Hall–Kier alpha value is -1.39. The van der Waals surface area contributed by atoms with Crippen LogP contribution in [-0.2, 0) is 4.79 Å². The first kappa shape index (κ1) is 15.5. The average molecular weight is 301 g/mol. The van der Waals surface area contributed by atoms with Gasteiger partial charge in [0.15, 0.2) is 0 Å². The second-order valence-electron chi connectivity index (χ2n) is 7.00. The van der Waals surface area contributed by atoms with Gasteiger partial charge in [0.05, 0.1) is 6.04 Å². The van der Waals surface area contributed by atoms with E-state index in [1.165, 1.54) is 5.56 Å². The normalized spacial score (nSPS) is 24.2. The van der Waals surface area contributed by atoms with E-state index in [2.05, 4.69) is 53.9 Å². The second-order valence-corrected chi connectivity index (χ2v) is 7.00. The highest BCUT2D eigenvalue weighted by Crippen LogP contribution is 2.58. The van der Waals surface area contributed by atoms with Gasteiger partial charge >= 0.3 is 0 Å². The van der Waals surface area contributed by atoms with Gasteiger partial charge in [0.1, 0.15) is 0 Å². The number of benzene rings is 1. The topological polar surface area (TPSA) is 44.4 Å². The van der Waals surface area contributed by atoms with Crippen molar-refractivity contribution in [1.29, 1.82) is 0 Å². The molecule has 0 bridgehead atoms. The van der Waals surface area contributed by atoms with E-state index in [4.69, 9.17) is 0 Å². The molecule has 2 unspecified atom stereocenters. The number of hydrogen-bond acceptors (Lipinski definition) is 3. The minimum absolute atomic E-state index is 0.230. The summed E-state index contributed by atoms with van der Waals surface area (Å²) in [6, 6.07) is 10.6. The summed E-state index contributed by atoms with van der Waals surface area (Å²) in [5.41, 5.74) is 1.57. The molecule has 4 heteroatoms. The molecule has 1 saturated carbocycles. The zero-order valence-electron chi connectivity index (χ0n) is 13.6. The highest BCUT2D eigenvalue weighted by atomic mass is 16.2. The number of likely N-dealkylation sites (N-methyl/N-ethyl adjacent to an activating group) is 1. The first-order valence-corrected chi connectivity index (χ1v) is 8.32. The number of carbonyl (C=O) groups is 1. The van der Waals surface area contributed by atoms with Crippen LogP contribution in [0, 0.1) is 11.3 Å². The summed E-state index contributed by atoms with van der Waals surface area (Å²) in [5.74, 6) is 0.498. The van der Waals surface area contributed by atoms with Crippen LogP contribution < -0.4 is 10.6 Å². The van der Waals surface area contributed by atoms with E-state index in [-0.39, 0.29) is 17.9 Å². The maximum atomic E-state index is 12.5. The molecule has 0 aromatic heterocycles. The van der Waals surface area contributed by atoms with E-state index in [9.17, 15) is 4.79 Å². The lowest BCUT2D eigenvalue weighted by Crippen LogP contribution is -2.37. The molecule has 0 radical (unpaired) electrons. The molecule has 1 aliphatic carbocycles. The van der Waals surface area contributed by atoms with Crippen molar-refractivity contribution in [3.05, 3.63) is 35.9 Å². The number of hydrogen-bond donors (Lipinski definition) is 2. The number of carbonyl (C=O) groups excluding carboxylic acids is 1. The molecule has 1 amide bonds. The molecule has 2 aliphatic rings. The van der Waals surface area contributed by atoms with E-state index in [1.807, 2.05) is 6.07 Å². The number of nitrogens with zero attached hydrogens (tertiary/aromatic N) is 1. The third kappa shape index (κ3) is 3.18. The zero-order valence-corrected chi connectivity index (χ0v) is 13.6. The Labute approximate surface area is 133 Å². The van der Waals surface area contributed by atoms with Crippen LogP contribution >= 0.6 is 0 Å². The molecule has 1 aliphatic heterocycles. The van der Waals surface area contributed by atoms with Crippen molar-refractivity contribution < 1.29 is 4.79 Å². The Balaban J connectivity index is 1.56. The van der Waals surface area contributed by atoms with E-state index < -0.39 is 0 Å². The lowest BCUT2D eigenvalue weighted by molar-refractivity contribution is -0.123. The quantitative estimate of drug-likeness (QED) is 0.871. The number of amides is 1. The molecular weight excluding hydrogens is 274 g/mol. The minimum atomic E-state index is 0.230. The molecule has 22 heavy (non-hydrogen) atoms. The van der Waals surface area contributed by atoms with Crippen molar-refractivity contribution in [1.82, 2.24) is 15.5 Å². The standard InChI is InChI=1S/C18H27N3O/c1-21(2)16(14-6-4-3-5-7-14)13-20-17(22)15-12-18(15)8-10-19-11-9-18/h3-7,15-16,19H,8-13H2,1-2H3,(H,20,22). The molecule has 1 aromatic carbocycles. The fourth-order valence-electron chi connectivity index (χ4n) is 3.79. The average Bonchev–Trinajstić information content (AvgIpc) is 3.22. The van der Waals surface area contributed by atoms with Gasteiger partial charge in [-0.15, -0.1) is 0 Å². The van der Waals surface area contributed by atoms with Crippen molar-refractivity contribution in [2.75, 3.05) is 33.7 Å². The summed E-state index contributed by atoms with van der Waals surface area (Å²) in [5, 5.41) is 6.58. The summed E-state index contributed by atoms with van der Waals surface area (Å²) in [6.07, 6.45) is 3.39. The molecule has 2 fully saturated rings. The van der Waals surface area contributed by atoms with Gasteiger partial charge in [0.2, 0.25) is 5.91 Å². The van der Waals surface area contributed by atoms with Gasteiger partial charge in [-0.25, -0.2) is 0 Å². The molecule has 4 nitrogen and oxygen atoms in total. The monoisotopic (exact) mass is 301 g/mol. The van der Waals surface area contributed by atoms with E-state index >= 15 is 0 Å². The van der Waals surface area contributed by atoms with Gasteiger partial charge in [-0.2, -0.15) is 0 Å². The molecular formula is C18H27N3O. The minimum Gasteiger partial charge on any atom is -0.354 e. The Morgan fingerprint density at radius 2 is 2.00 bits per heavy atom. The maximum absolute atomic E-state index is 12.5. The van der Waals surface area contributed by atoms with Gasteiger partial charge in [0, 0.05) is 12.5 Å². The van der Waals surface area contributed by atoms with Crippen molar-refractivity contribution in [3.8, 4) is 0 Å². The van der Waals surface area contributed by atoms with Crippen LogP contribution in [-0.4, -0.2) is 44.5 Å². The SMILES string of the molecule is CN(C)C(CNC(=O)C1CC12CCNCC2)c1ccccc1. The zero-order chi connectivity index (χ0) is 15.6. The van der Waals surface area contributed by atoms with Gasteiger partial charge in [-0.1, -0.05) is 30.3 Å². The Bertz CT molecular complexity index is 508. The lowest BCUT2D eigenvalue weighted by Gasteiger charge is -2.26. The third-order valence-corrected chi connectivity index (χ3v) is 5.38. The van der Waals surface area contributed by atoms with Crippen LogP contribution in [0.15, 0.2) is 30.3 Å². The van der Waals surface area contributed by atoms with Crippen molar-refractivity contribution in [3.63, 3.8) is 0 Å². The van der Waals surface area contributed by atoms with Gasteiger partial charge in [0.25, 0.3) is 0 Å². The fraction of sp³-hybridized carbons (Fsp3) is 0.611. The molecule has 2 N–H and O–H groups in total. The smallest absolute Gasteiger partial charge is 0.223 e. The maximum Gasteiger partial charge on any atom is 0.223 e. The van der Waals surface area contributed by atoms with Crippen LogP contribution in [0.1, 0.15) is 30.9 Å². The summed E-state index contributed by atoms with van der Waals surface area (Å²) >= 11 is 0. The Morgan fingerprint density at radius 3 is 2.64 bits per heavy atom. The molecule has 1 aromatic rings. The highest BCUT2D eigenvalue weighted by molar-refractivity contribution is 5.82. The lowest BCUT2D eigenvalue weighted by atomic mass is 9.91. The van der Waals surface area contributed by atoms with Crippen LogP contribution in [0.3, 0.4) is 0 Å². The molecule has 120 valence electrons. The van der Waals surface area contributed by atoms with Crippen molar-refractivity contribution in [2.24, 2.45) is 11.3 Å². The second kappa shape index (κ2) is 6.39. The molecule has 2 atom stereocenters. The van der Waals surface area contributed by atoms with E-state index in [0.717, 1.165) is 32.4 Å². The molecule has 1 spiro atoms. The van der Waals surface area contributed by atoms with Gasteiger partial charge in [-0.3, -0.25) is 4.79 Å². The van der Waals surface area contributed by atoms with E-state index in [1.54, 1.807) is 0 Å². The summed E-state index contributed by atoms with van der Waals surface area (Å²) < 4.78 is 0. The number of piperidine rings is 1. The third-order valence-electron chi connectivity index (χ3n) is 5.38.